The van der Waals surface area contributed by atoms with E-state index in [0.717, 1.165) is 11.1 Å². The van der Waals surface area contributed by atoms with Gasteiger partial charge in [0.15, 0.2) is 11.5 Å². The zero-order valence-corrected chi connectivity index (χ0v) is 11.0. The predicted octanol–water partition coefficient (Wildman–Crippen LogP) is 2.52. The molecule has 0 saturated carbocycles. The van der Waals surface area contributed by atoms with Crippen LogP contribution in [0.4, 0.5) is 0 Å². The van der Waals surface area contributed by atoms with Crippen LogP contribution in [-0.4, -0.2) is 29.4 Å². The van der Waals surface area contributed by atoms with E-state index in [2.05, 4.69) is 15.2 Å². The maximum absolute atomic E-state index is 5.74. The van der Waals surface area contributed by atoms with Crippen molar-refractivity contribution in [2.45, 2.75) is 6.92 Å². The number of hydrogen-bond donors (Lipinski definition) is 0. The molecule has 0 unspecified atom stereocenters. The third-order valence-corrected chi connectivity index (χ3v) is 2.70. The smallest absolute Gasteiger partial charge is 0.243 e. The maximum atomic E-state index is 5.74. The second kappa shape index (κ2) is 5.18. The van der Waals surface area contributed by atoms with Crippen LogP contribution in [0.5, 0.6) is 11.5 Å². The molecule has 18 heavy (non-hydrogen) atoms. The van der Waals surface area contributed by atoms with Crippen molar-refractivity contribution in [3.63, 3.8) is 0 Å². The third-order valence-electron chi connectivity index (χ3n) is 2.54. The molecule has 1 aromatic carbocycles. The molecule has 0 fully saturated rings. The number of benzene rings is 1. The average Bonchev–Trinajstić information content (AvgIpc) is 2.38. The van der Waals surface area contributed by atoms with Gasteiger partial charge in [-0.3, -0.25) is 0 Å². The third kappa shape index (κ3) is 2.36. The summed E-state index contributed by atoms with van der Waals surface area (Å²) in [6.45, 7) is 1.95. The van der Waals surface area contributed by atoms with Crippen molar-refractivity contribution in [2.75, 3.05) is 14.2 Å². The monoisotopic (exact) mass is 265 g/mol. The van der Waals surface area contributed by atoms with Gasteiger partial charge in [-0.15, -0.1) is 5.10 Å². The molecule has 1 heterocycles. The van der Waals surface area contributed by atoms with Crippen molar-refractivity contribution in [1.82, 2.24) is 15.2 Å². The van der Waals surface area contributed by atoms with E-state index in [1.54, 1.807) is 20.4 Å². The summed E-state index contributed by atoms with van der Waals surface area (Å²) in [5, 5.41) is 7.52. The minimum Gasteiger partial charge on any atom is -0.493 e. The lowest BCUT2D eigenvalue weighted by Crippen LogP contribution is -1.96. The van der Waals surface area contributed by atoms with Crippen molar-refractivity contribution >= 4 is 11.6 Å². The molecule has 6 heteroatoms. The van der Waals surface area contributed by atoms with E-state index in [4.69, 9.17) is 21.1 Å². The summed E-state index contributed by atoms with van der Waals surface area (Å²) in [6, 6.07) is 3.72. The van der Waals surface area contributed by atoms with Crippen LogP contribution in [0.15, 0.2) is 18.3 Å². The Morgan fingerprint density at radius 2 is 1.78 bits per heavy atom. The number of aromatic nitrogens is 3. The second-order valence-electron chi connectivity index (χ2n) is 3.63. The Kier molecular flexibility index (Phi) is 3.62. The van der Waals surface area contributed by atoms with Crippen LogP contribution in [0.1, 0.15) is 5.56 Å². The minimum atomic E-state index is 0.113. The van der Waals surface area contributed by atoms with E-state index in [9.17, 15) is 0 Å². The first-order valence-electron chi connectivity index (χ1n) is 5.24. The first kappa shape index (κ1) is 12.6. The van der Waals surface area contributed by atoms with Crippen LogP contribution in [0.25, 0.3) is 11.3 Å². The molecule has 0 bridgehead atoms. The van der Waals surface area contributed by atoms with Crippen molar-refractivity contribution < 1.29 is 9.47 Å². The van der Waals surface area contributed by atoms with E-state index in [1.165, 1.54) is 0 Å². The van der Waals surface area contributed by atoms with Gasteiger partial charge in [0, 0.05) is 5.56 Å². The van der Waals surface area contributed by atoms with Gasteiger partial charge in [-0.1, -0.05) is 0 Å². The van der Waals surface area contributed by atoms with Gasteiger partial charge in [-0.05, 0) is 36.2 Å². The molecular formula is C12H12ClN3O2. The Balaban J connectivity index is 2.57. The van der Waals surface area contributed by atoms with Gasteiger partial charge in [0.1, 0.15) is 0 Å². The lowest BCUT2D eigenvalue weighted by atomic mass is 10.1. The summed E-state index contributed by atoms with van der Waals surface area (Å²) < 4.78 is 10.5. The van der Waals surface area contributed by atoms with Crippen LogP contribution in [0.2, 0.25) is 5.28 Å². The molecule has 0 aliphatic rings. The number of ether oxygens (including phenoxy) is 2. The molecule has 0 saturated heterocycles. The Bertz CT molecular complexity index is 575. The molecule has 94 valence electrons. The maximum Gasteiger partial charge on any atom is 0.243 e. The van der Waals surface area contributed by atoms with E-state index in [-0.39, 0.29) is 5.28 Å². The highest BCUT2D eigenvalue weighted by molar-refractivity contribution is 6.28. The van der Waals surface area contributed by atoms with Crippen LogP contribution in [0.3, 0.4) is 0 Å². The normalized spacial score (nSPS) is 10.2. The molecule has 0 aliphatic heterocycles. The first-order valence-corrected chi connectivity index (χ1v) is 5.61. The average molecular weight is 266 g/mol. The molecule has 2 aromatic rings. The van der Waals surface area contributed by atoms with Crippen molar-refractivity contribution in [3.05, 3.63) is 29.2 Å². The van der Waals surface area contributed by atoms with Crippen LogP contribution < -0.4 is 9.47 Å². The molecular weight excluding hydrogens is 254 g/mol. The van der Waals surface area contributed by atoms with Gasteiger partial charge in [0.25, 0.3) is 0 Å². The molecule has 1 aromatic heterocycles. The van der Waals surface area contributed by atoms with Gasteiger partial charge in [-0.25, -0.2) is 4.98 Å². The van der Waals surface area contributed by atoms with E-state index in [1.807, 2.05) is 19.1 Å². The fraction of sp³-hybridized carbons (Fsp3) is 0.250. The zero-order chi connectivity index (χ0) is 13.1. The minimum absolute atomic E-state index is 0.113. The summed E-state index contributed by atoms with van der Waals surface area (Å²) in [6.07, 6.45) is 1.56. The van der Waals surface area contributed by atoms with Crippen LogP contribution in [0, 0.1) is 6.92 Å². The van der Waals surface area contributed by atoms with E-state index < -0.39 is 0 Å². The van der Waals surface area contributed by atoms with Gasteiger partial charge in [0.05, 0.1) is 26.1 Å². The summed E-state index contributed by atoms with van der Waals surface area (Å²) in [5.74, 6) is 1.31. The van der Waals surface area contributed by atoms with Crippen LogP contribution in [-0.2, 0) is 0 Å². The van der Waals surface area contributed by atoms with Crippen LogP contribution >= 0.6 is 11.6 Å². The Hall–Kier alpha value is -1.88. The lowest BCUT2D eigenvalue weighted by molar-refractivity contribution is 0.355. The predicted molar refractivity (Wildman–Crippen MR) is 68.1 cm³/mol. The number of methoxy groups -OCH3 is 2. The van der Waals surface area contributed by atoms with Crippen molar-refractivity contribution in [2.24, 2.45) is 0 Å². The largest absolute Gasteiger partial charge is 0.493 e. The highest BCUT2D eigenvalue weighted by Crippen LogP contribution is 2.34. The molecule has 0 radical (unpaired) electrons. The van der Waals surface area contributed by atoms with Gasteiger partial charge >= 0.3 is 0 Å². The fourth-order valence-corrected chi connectivity index (χ4v) is 1.80. The number of hydrogen-bond acceptors (Lipinski definition) is 5. The standard InChI is InChI=1S/C12H12ClN3O2/c1-7-4-10(17-2)11(18-3)5-8(7)9-6-14-16-12(13)15-9/h4-6H,1-3H3. The van der Waals surface area contributed by atoms with Gasteiger partial charge in [0.2, 0.25) is 5.28 Å². The Morgan fingerprint density at radius 1 is 1.11 bits per heavy atom. The fourth-order valence-electron chi connectivity index (χ4n) is 1.67. The summed E-state index contributed by atoms with van der Waals surface area (Å²) in [5.41, 5.74) is 2.52. The molecule has 5 nitrogen and oxygen atoms in total. The molecule has 0 spiro atoms. The first-order chi connectivity index (χ1) is 8.65. The Morgan fingerprint density at radius 3 is 2.39 bits per heavy atom. The molecule has 0 N–H and O–H groups in total. The summed E-state index contributed by atoms with van der Waals surface area (Å²) in [7, 11) is 3.18. The van der Waals surface area contributed by atoms with Gasteiger partial charge in [-0.2, -0.15) is 5.10 Å². The summed E-state index contributed by atoms with van der Waals surface area (Å²) in [4.78, 5) is 4.13. The number of rotatable bonds is 3. The quantitative estimate of drug-likeness (QED) is 0.853. The lowest BCUT2D eigenvalue weighted by Gasteiger charge is -2.12. The summed E-state index contributed by atoms with van der Waals surface area (Å²) >= 11 is 5.74. The zero-order valence-electron chi connectivity index (χ0n) is 10.3. The Labute approximate surface area is 110 Å². The number of nitrogens with zero attached hydrogens (tertiary/aromatic N) is 3. The van der Waals surface area contributed by atoms with Crippen molar-refractivity contribution in [3.8, 4) is 22.8 Å². The molecule has 0 atom stereocenters. The molecule has 2 rings (SSSR count). The van der Waals surface area contributed by atoms with Crippen molar-refractivity contribution in [1.29, 1.82) is 0 Å². The highest BCUT2D eigenvalue weighted by atomic mass is 35.5. The molecule has 0 aliphatic carbocycles. The highest BCUT2D eigenvalue weighted by Gasteiger charge is 2.11. The SMILES string of the molecule is COc1cc(C)c(-c2cnnc(Cl)n2)cc1OC. The van der Waals surface area contributed by atoms with E-state index >= 15 is 0 Å². The second-order valence-corrected chi connectivity index (χ2v) is 3.97. The number of aryl methyl sites for hydroxylation is 1. The number of halogens is 1. The van der Waals surface area contributed by atoms with E-state index in [0.29, 0.717) is 17.2 Å². The van der Waals surface area contributed by atoms with Gasteiger partial charge < -0.3 is 9.47 Å². The molecule has 0 amide bonds. The topological polar surface area (TPSA) is 57.1 Å².